The Morgan fingerprint density at radius 1 is 0.582 bits per heavy atom. The van der Waals surface area contributed by atoms with Crippen molar-refractivity contribution in [3.63, 3.8) is 0 Å². The number of ether oxygens (including phenoxy) is 2. The minimum Gasteiger partial charge on any atom is -0.756 e. The van der Waals surface area contributed by atoms with E-state index >= 15 is 0 Å². The van der Waals surface area contributed by atoms with Gasteiger partial charge in [0.2, 0.25) is 0 Å². The fourth-order valence-electron chi connectivity index (χ4n) is 8.22. The molecule has 0 radical (unpaired) electrons. The van der Waals surface area contributed by atoms with Crippen LogP contribution in [0.15, 0.2) is 0 Å². The van der Waals surface area contributed by atoms with E-state index in [0.717, 1.165) is 62.1 Å². The number of phosphoric acid groups is 1. The Labute approximate surface area is 339 Å². The summed E-state index contributed by atoms with van der Waals surface area (Å²) in [5.74, 6) is 0.0362. The van der Waals surface area contributed by atoms with Gasteiger partial charge < -0.3 is 27.9 Å². The van der Waals surface area contributed by atoms with Crippen LogP contribution >= 0.6 is 7.82 Å². The Kier molecular flexibility index (Phi) is 32.1. The molecule has 3 fully saturated rings. The van der Waals surface area contributed by atoms with Crippen LogP contribution in [0.3, 0.4) is 0 Å². The van der Waals surface area contributed by atoms with Crippen LogP contribution in [0.1, 0.15) is 220 Å². The summed E-state index contributed by atoms with van der Waals surface area (Å²) in [4.78, 5) is 38.0. The van der Waals surface area contributed by atoms with Crippen LogP contribution in [-0.4, -0.2) is 68.5 Å². The highest BCUT2D eigenvalue weighted by Crippen LogP contribution is 2.39. The van der Waals surface area contributed by atoms with Crippen LogP contribution in [0.25, 0.3) is 0 Å². The molecule has 2 unspecified atom stereocenters. The number of unbranched alkanes of at least 4 members (excludes halogenated alkanes) is 24. The van der Waals surface area contributed by atoms with Crippen molar-refractivity contribution in [3.05, 3.63) is 0 Å². The molecule has 0 amide bonds. The van der Waals surface area contributed by atoms with E-state index in [1.165, 1.54) is 148 Å². The Hall–Kier alpha value is -0.990. The van der Waals surface area contributed by atoms with Crippen molar-refractivity contribution in [2.75, 3.05) is 46.0 Å². The summed E-state index contributed by atoms with van der Waals surface area (Å²) in [6.45, 7) is 7.81. The summed E-state index contributed by atoms with van der Waals surface area (Å²) in [5, 5.41) is 0. The molecule has 3 saturated heterocycles. The summed E-state index contributed by atoms with van der Waals surface area (Å²) in [7, 11) is -4.62. The topological polar surface area (TPSA) is 111 Å². The van der Waals surface area contributed by atoms with Crippen molar-refractivity contribution in [2.45, 2.75) is 226 Å². The molecule has 2 bridgehead atoms. The Morgan fingerprint density at radius 2 is 0.964 bits per heavy atom. The monoisotopic (exact) mass is 802 g/mol. The molecular weight excluding hydrogens is 713 g/mol. The average molecular weight is 802 g/mol. The van der Waals surface area contributed by atoms with Crippen molar-refractivity contribution in [3.8, 4) is 0 Å². The molecule has 3 heterocycles. The molecule has 55 heavy (non-hydrogen) atoms. The fraction of sp³-hybridized carbons (Fsp3) is 0.956. The fourth-order valence-corrected chi connectivity index (χ4v) is 8.95. The van der Waals surface area contributed by atoms with Gasteiger partial charge in [-0.1, -0.05) is 175 Å². The van der Waals surface area contributed by atoms with Crippen LogP contribution in [0.2, 0.25) is 0 Å². The molecule has 9 nitrogen and oxygen atoms in total. The number of piperidine rings is 3. The highest BCUT2D eigenvalue weighted by atomic mass is 31.2. The third kappa shape index (κ3) is 28.1. The highest BCUT2D eigenvalue weighted by Gasteiger charge is 2.39. The summed E-state index contributed by atoms with van der Waals surface area (Å²) < 4.78 is 35.1. The summed E-state index contributed by atoms with van der Waals surface area (Å²) >= 11 is 0. The van der Waals surface area contributed by atoms with Crippen LogP contribution in [0.5, 0.6) is 0 Å². The minimum atomic E-state index is -4.62. The zero-order valence-corrected chi connectivity index (χ0v) is 36.1. The molecule has 326 valence electrons. The summed E-state index contributed by atoms with van der Waals surface area (Å²) in [5.41, 5.74) is 0. The van der Waals surface area contributed by atoms with Gasteiger partial charge in [0, 0.05) is 12.8 Å². The van der Waals surface area contributed by atoms with Gasteiger partial charge in [0.15, 0.2) is 6.10 Å². The van der Waals surface area contributed by atoms with Gasteiger partial charge in [-0.3, -0.25) is 14.2 Å². The number of phosphoric ester groups is 1. The molecule has 0 N–H and O–H groups in total. The molecule has 0 aromatic heterocycles. The van der Waals surface area contributed by atoms with Gasteiger partial charge >= 0.3 is 11.9 Å². The zero-order chi connectivity index (χ0) is 39.0. The quantitative estimate of drug-likeness (QED) is 0.0263. The lowest BCUT2D eigenvalue weighted by Gasteiger charge is -2.49. The van der Waals surface area contributed by atoms with Crippen LogP contribution in [0, 0.1) is 5.92 Å². The minimum absolute atomic E-state index is 0. The molecule has 3 aliphatic heterocycles. The summed E-state index contributed by atoms with van der Waals surface area (Å²) in [6, 6.07) is 0. The van der Waals surface area contributed by atoms with Gasteiger partial charge in [-0.25, -0.2) is 0 Å². The zero-order valence-electron chi connectivity index (χ0n) is 35.2. The van der Waals surface area contributed by atoms with E-state index in [-0.39, 0.29) is 33.0 Å². The molecule has 0 aromatic rings. The third-order valence-corrected chi connectivity index (χ3v) is 12.9. The van der Waals surface area contributed by atoms with Crippen molar-refractivity contribution in [1.29, 1.82) is 0 Å². The van der Waals surface area contributed by atoms with E-state index < -0.39 is 26.5 Å². The first kappa shape index (κ1) is 52.0. The van der Waals surface area contributed by atoms with E-state index in [0.29, 0.717) is 19.4 Å². The SMILES string of the molecule is C.CCCCCCCCCCCCCCCC(=O)OCC(COP(=O)([O-])OCC[N+]12CCC(CC1)CC2)OC(=O)CCCCCCCCCCCCCCC. The first-order valence-corrected chi connectivity index (χ1v) is 24.5. The second-order valence-corrected chi connectivity index (χ2v) is 18.2. The first-order chi connectivity index (χ1) is 26.3. The molecule has 0 spiro atoms. The summed E-state index contributed by atoms with van der Waals surface area (Å²) in [6.07, 6.45) is 35.0. The molecule has 0 saturated carbocycles. The van der Waals surface area contributed by atoms with Gasteiger partial charge in [-0.05, 0) is 38.0 Å². The lowest BCUT2D eigenvalue weighted by atomic mass is 9.86. The lowest BCUT2D eigenvalue weighted by Crippen LogP contribution is -2.59. The van der Waals surface area contributed by atoms with E-state index in [1.807, 2.05) is 0 Å². The number of esters is 2. The van der Waals surface area contributed by atoms with Crippen LogP contribution in [-0.2, 0) is 32.7 Å². The van der Waals surface area contributed by atoms with Crippen LogP contribution < -0.4 is 4.89 Å². The number of quaternary nitrogens is 1. The largest absolute Gasteiger partial charge is 0.756 e. The molecule has 0 aromatic carbocycles. The van der Waals surface area contributed by atoms with Crippen LogP contribution in [0.4, 0.5) is 0 Å². The van der Waals surface area contributed by atoms with Crippen molar-refractivity contribution < 1.29 is 42.1 Å². The molecule has 3 aliphatic rings. The second kappa shape index (κ2) is 33.9. The van der Waals surface area contributed by atoms with Crippen molar-refractivity contribution in [2.24, 2.45) is 5.92 Å². The second-order valence-electron chi connectivity index (χ2n) is 16.8. The number of hydrogen-bond acceptors (Lipinski definition) is 8. The number of nitrogens with zero attached hydrogens (tertiary/aromatic N) is 1. The number of carbonyl (C=O) groups is 2. The normalized spacial score (nSPS) is 19.4. The molecule has 3 rings (SSSR count). The number of rotatable bonds is 38. The molecule has 10 heteroatoms. The van der Waals surface area contributed by atoms with E-state index in [4.69, 9.17) is 18.5 Å². The number of fused-ring (bicyclic) bond motifs is 3. The van der Waals surface area contributed by atoms with E-state index in [9.17, 15) is 19.0 Å². The highest BCUT2D eigenvalue weighted by molar-refractivity contribution is 7.45. The van der Waals surface area contributed by atoms with Gasteiger partial charge in [0.1, 0.15) is 19.8 Å². The lowest BCUT2D eigenvalue weighted by molar-refractivity contribution is -0.942. The van der Waals surface area contributed by atoms with Crippen molar-refractivity contribution in [1.82, 2.24) is 0 Å². The maximum atomic E-state index is 12.8. The maximum Gasteiger partial charge on any atom is 0.306 e. The van der Waals surface area contributed by atoms with Gasteiger partial charge in [0.05, 0.1) is 26.2 Å². The predicted octanol–water partition coefficient (Wildman–Crippen LogP) is 12.2. The number of carbonyl (C=O) groups excluding carboxylic acids is 2. The molecule has 2 atom stereocenters. The Balaban J connectivity index is 0.0000151. The van der Waals surface area contributed by atoms with Gasteiger partial charge in [-0.15, -0.1) is 0 Å². The Bertz CT molecular complexity index is 959. The standard InChI is InChI=1S/C44H84NO8P.CH4/c1-3-5-7-9-11-13-15-17-19-21-23-25-27-29-43(46)50-39-42(40-52-54(48,49)51-38-37-45-34-31-41(32-35-45)33-36-45)53-44(47)30-28-26-24-22-20-18-16-14-12-10-8-6-4-2;/h41-42H,3-40H2,1-2H3;1H4. The van der Waals surface area contributed by atoms with Gasteiger partial charge in [0.25, 0.3) is 7.82 Å². The molecular formula is C45H88NO8P. The third-order valence-electron chi connectivity index (χ3n) is 12.0. The van der Waals surface area contributed by atoms with Crippen molar-refractivity contribution >= 4 is 19.8 Å². The Morgan fingerprint density at radius 3 is 1.38 bits per heavy atom. The number of hydrogen-bond donors (Lipinski definition) is 0. The smallest absolute Gasteiger partial charge is 0.306 e. The van der Waals surface area contributed by atoms with E-state index in [2.05, 4.69) is 13.8 Å². The molecule has 0 aliphatic carbocycles. The predicted molar refractivity (Wildman–Crippen MR) is 225 cm³/mol. The first-order valence-electron chi connectivity index (χ1n) is 23.1. The van der Waals surface area contributed by atoms with Gasteiger partial charge in [-0.2, -0.15) is 0 Å². The van der Waals surface area contributed by atoms with E-state index in [1.54, 1.807) is 0 Å². The maximum absolute atomic E-state index is 12.8. The average Bonchev–Trinajstić information content (AvgIpc) is 3.17.